The second kappa shape index (κ2) is 5.48. The van der Waals surface area contributed by atoms with Gasteiger partial charge in [-0.25, -0.2) is 4.79 Å². The van der Waals surface area contributed by atoms with Crippen LogP contribution in [0.4, 0.5) is 4.79 Å². The highest BCUT2D eigenvalue weighted by atomic mass is 32.1. The summed E-state index contributed by atoms with van der Waals surface area (Å²) in [5.74, 6) is -0.493. The Morgan fingerprint density at radius 3 is 2.81 bits per heavy atom. The number of rotatable bonds is 5. The monoisotopic (exact) mass is 307 g/mol. The van der Waals surface area contributed by atoms with Crippen molar-refractivity contribution in [1.82, 2.24) is 14.7 Å². The van der Waals surface area contributed by atoms with Crippen LogP contribution in [0.15, 0.2) is 17.5 Å². The van der Waals surface area contributed by atoms with Crippen molar-refractivity contribution in [3.8, 4) is 0 Å². The van der Waals surface area contributed by atoms with Crippen molar-refractivity contribution in [2.75, 3.05) is 20.1 Å². The van der Waals surface area contributed by atoms with Gasteiger partial charge in [0, 0.05) is 18.0 Å². The number of carbonyl (C=O) groups excluding carboxylic acids is 3. The van der Waals surface area contributed by atoms with E-state index >= 15 is 0 Å². The minimum atomic E-state index is -0.319. The maximum atomic E-state index is 12.2. The van der Waals surface area contributed by atoms with Gasteiger partial charge in [-0.05, 0) is 24.3 Å². The van der Waals surface area contributed by atoms with Gasteiger partial charge in [0.25, 0.3) is 5.91 Å². The van der Waals surface area contributed by atoms with Crippen molar-refractivity contribution in [1.29, 1.82) is 0 Å². The normalized spacial score (nSPS) is 18.5. The first kappa shape index (κ1) is 14.1. The molecule has 6 nitrogen and oxygen atoms in total. The molecule has 3 rings (SSSR count). The molecule has 1 aromatic rings. The van der Waals surface area contributed by atoms with Crippen molar-refractivity contribution in [2.24, 2.45) is 0 Å². The summed E-state index contributed by atoms with van der Waals surface area (Å²) in [6, 6.07) is 3.76. The number of hydrogen-bond acceptors (Lipinski definition) is 4. The molecule has 1 aliphatic carbocycles. The summed E-state index contributed by atoms with van der Waals surface area (Å²) in [6.45, 7) is 0.452. The summed E-state index contributed by atoms with van der Waals surface area (Å²) >= 11 is 1.58. The van der Waals surface area contributed by atoms with Crippen molar-refractivity contribution >= 4 is 29.2 Å². The van der Waals surface area contributed by atoms with Gasteiger partial charge in [0.15, 0.2) is 0 Å². The van der Waals surface area contributed by atoms with Crippen molar-refractivity contribution < 1.29 is 14.4 Å². The van der Waals surface area contributed by atoms with E-state index in [9.17, 15) is 14.4 Å². The highest BCUT2D eigenvalue weighted by molar-refractivity contribution is 7.09. The van der Waals surface area contributed by atoms with Crippen LogP contribution in [0.1, 0.15) is 17.7 Å². The van der Waals surface area contributed by atoms with Gasteiger partial charge < -0.3 is 9.80 Å². The third-order valence-corrected chi connectivity index (χ3v) is 4.62. The largest absolute Gasteiger partial charge is 0.339 e. The molecule has 0 unspecified atom stereocenters. The predicted octanol–water partition coefficient (Wildman–Crippen LogP) is 1.13. The summed E-state index contributed by atoms with van der Waals surface area (Å²) in [5.41, 5.74) is 0. The maximum Gasteiger partial charge on any atom is 0.327 e. The zero-order valence-electron chi connectivity index (χ0n) is 11.8. The molecular formula is C14H17N3O3S. The van der Waals surface area contributed by atoms with Gasteiger partial charge in [0.1, 0.15) is 13.1 Å². The molecule has 0 spiro atoms. The number of urea groups is 1. The zero-order chi connectivity index (χ0) is 15.0. The maximum absolute atomic E-state index is 12.2. The number of imide groups is 1. The minimum absolute atomic E-state index is 0.116. The van der Waals surface area contributed by atoms with Crippen molar-refractivity contribution in [2.45, 2.75) is 25.4 Å². The predicted molar refractivity (Wildman–Crippen MR) is 77.6 cm³/mol. The van der Waals surface area contributed by atoms with Crippen LogP contribution in [-0.2, 0) is 16.1 Å². The van der Waals surface area contributed by atoms with E-state index in [1.807, 2.05) is 17.5 Å². The number of nitrogens with zero attached hydrogens (tertiary/aromatic N) is 3. The van der Waals surface area contributed by atoms with Crippen LogP contribution in [0.5, 0.6) is 0 Å². The second-order valence-electron chi connectivity index (χ2n) is 5.45. The molecule has 2 aliphatic rings. The average molecular weight is 307 g/mol. The molecule has 0 N–H and O–H groups in total. The van der Waals surface area contributed by atoms with E-state index in [0.29, 0.717) is 6.54 Å². The van der Waals surface area contributed by atoms with Crippen LogP contribution in [0.2, 0.25) is 0 Å². The van der Waals surface area contributed by atoms with E-state index in [1.54, 1.807) is 28.2 Å². The summed E-state index contributed by atoms with van der Waals surface area (Å²) in [4.78, 5) is 41.5. The van der Waals surface area contributed by atoms with E-state index in [1.165, 1.54) is 0 Å². The molecule has 2 heterocycles. The Kier molecular flexibility index (Phi) is 3.67. The molecule has 1 aromatic heterocycles. The van der Waals surface area contributed by atoms with E-state index in [2.05, 4.69) is 0 Å². The van der Waals surface area contributed by atoms with Crippen molar-refractivity contribution in [3.05, 3.63) is 22.4 Å². The molecule has 0 radical (unpaired) electrons. The molecule has 1 aliphatic heterocycles. The molecule has 2 fully saturated rings. The van der Waals surface area contributed by atoms with E-state index in [0.717, 1.165) is 22.6 Å². The third kappa shape index (κ3) is 2.92. The first-order chi connectivity index (χ1) is 10.1. The van der Waals surface area contributed by atoms with Gasteiger partial charge in [-0.2, -0.15) is 0 Å². The number of likely N-dealkylation sites (N-methyl/N-ethyl adjacent to an activating group) is 1. The number of hydrogen-bond donors (Lipinski definition) is 0. The molecule has 112 valence electrons. The molecule has 21 heavy (non-hydrogen) atoms. The van der Waals surface area contributed by atoms with Gasteiger partial charge in [-0.3, -0.25) is 14.5 Å². The highest BCUT2D eigenvalue weighted by Gasteiger charge is 2.44. The van der Waals surface area contributed by atoms with Crippen LogP contribution in [0, 0.1) is 0 Å². The molecule has 7 heteroatoms. The second-order valence-corrected chi connectivity index (χ2v) is 6.48. The number of carbonyl (C=O) groups is 3. The van der Waals surface area contributed by atoms with E-state index < -0.39 is 0 Å². The highest BCUT2D eigenvalue weighted by Crippen LogP contribution is 2.30. The lowest BCUT2D eigenvalue weighted by atomic mass is 10.4. The lowest BCUT2D eigenvalue weighted by molar-refractivity contribution is -0.135. The molecule has 0 atom stereocenters. The van der Waals surface area contributed by atoms with Crippen molar-refractivity contribution in [3.63, 3.8) is 0 Å². The standard InChI is InChI=1S/C14H17N3O3S/c1-15(7-11-3-2-6-21-11)12(18)8-17-13(19)9-16(14(17)20)10-4-5-10/h2-3,6,10H,4-5,7-9H2,1H3. The lowest BCUT2D eigenvalue weighted by Crippen LogP contribution is -2.42. The van der Waals surface area contributed by atoms with Gasteiger partial charge in [-0.15, -0.1) is 11.3 Å². The molecule has 1 saturated carbocycles. The number of thiophene rings is 1. The first-order valence-electron chi connectivity index (χ1n) is 6.93. The fraction of sp³-hybridized carbons (Fsp3) is 0.500. The lowest BCUT2D eigenvalue weighted by Gasteiger charge is -2.20. The molecular weight excluding hydrogens is 290 g/mol. The van der Waals surface area contributed by atoms with Crippen LogP contribution < -0.4 is 0 Å². The Hall–Kier alpha value is -1.89. The third-order valence-electron chi connectivity index (χ3n) is 3.76. The fourth-order valence-corrected chi connectivity index (χ4v) is 3.13. The van der Waals surface area contributed by atoms with Gasteiger partial charge in [0.2, 0.25) is 5.91 Å². The van der Waals surface area contributed by atoms with Crippen LogP contribution in [0.25, 0.3) is 0 Å². The van der Waals surface area contributed by atoms with Gasteiger partial charge >= 0.3 is 6.03 Å². The quantitative estimate of drug-likeness (QED) is 0.766. The van der Waals surface area contributed by atoms with Crippen LogP contribution in [0.3, 0.4) is 0 Å². The summed E-state index contributed by atoms with van der Waals surface area (Å²) in [6.07, 6.45) is 1.91. The van der Waals surface area contributed by atoms with Crippen LogP contribution >= 0.6 is 11.3 Å². The fourth-order valence-electron chi connectivity index (χ4n) is 2.37. The SMILES string of the molecule is CN(Cc1cccs1)C(=O)CN1C(=O)CN(C2CC2)C1=O. The summed E-state index contributed by atoms with van der Waals surface area (Å²) in [7, 11) is 1.69. The summed E-state index contributed by atoms with van der Waals surface area (Å²) < 4.78 is 0. The van der Waals surface area contributed by atoms with Gasteiger partial charge in [0.05, 0.1) is 6.54 Å². The average Bonchev–Trinajstić information content (AvgIpc) is 3.10. The van der Waals surface area contributed by atoms with Crippen LogP contribution in [-0.4, -0.2) is 58.7 Å². The molecule has 1 saturated heterocycles. The Morgan fingerprint density at radius 1 is 1.43 bits per heavy atom. The topological polar surface area (TPSA) is 60.9 Å². The molecule has 4 amide bonds. The Balaban J connectivity index is 1.58. The molecule has 0 bridgehead atoms. The Bertz CT molecular complexity index is 568. The number of amides is 4. The van der Waals surface area contributed by atoms with Gasteiger partial charge in [-0.1, -0.05) is 6.07 Å². The first-order valence-corrected chi connectivity index (χ1v) is 7.81. The minimum Gasteiger partial charge on any atom is -0.339 e. The Morgan fingerprint density at radius 2 is 2.19 bits per heavy atom. The Labute approximate surface area is 126 Å². The van der Waals surface area contributed by atoms with E-state index in [-0.39, 0.29) is 37.0 Å². The molecule has 0 aromatic carbocycles. The van der Waals surface area contributed by atoms with E-state index in [4.69, 9.17) is 0 Å². The zero-order valence-corrected chi connectivity index (χ0v) is 12.6. The summed E-state index contributed by atoms with van der Waals surface area (Å²) in [5, 5.41) is 1.95. The smallest absolute Gasteiger partial charge is 0.327 e.